The zero-order valence-corrected chi connectivity index (χ0v) is 14.3. The third-order valence-electron chi connectivity index (χ3n) is 4.20. The van der Waals surface area contributed by atoms with Gasteiger partial charge in [0.25, 0.3) is 0 Å². The van der Waals surface area contributed by atoms with Crippen LogP contribution in [0.15, 0.2) is 31.0 Å². The van der Waals surface area contributed by atoms with Crippen LogP contribution in [0.25, 0.3) is 0 Å². The number of methoxy groups -OCH3 is 1. The molecule has 9 heteroatoms. The van der Waals surface area contributed by atoms with Crippen molar-refractivity contribution in [2.24, 2.45) is 0 Å². The molecule has 1 aromatic rings. The number of pyridine rings is 1. The van der Waals surface area contributed by atoms with E-state index in [0.29, 0.717) is 5.88 Å². The smallest absolute Gasteiger partial charge is 0.410 e. The number of amides is 2. The Labute approximate surface area is 149 Å². The average Bonchev–Trinajstić information content (AvgIpc) is 2.64. The molecular formula is C17H20F3N3O3. The molecule has 1 aliphatic rings. The molecule has 0 saturated carbocycles. The number of ether oxygens (including phenoxy) is 1. The number of hydrogen-bond donors (Lipinski definition) is 0. The summed E-state index contributed by atoms with van der Waals surface area (Å²) in [6.07, 6.45) is -1.93. The Bertz CT molecular complexity index is 679. The lowest BCUT2D eigenvalue weighted by Gasteiger charge is -2.41. The summed E-state index contributed by atoms with van der Waals surface area (Å²) < 4.78 is 45.1. The molecule has 1 atom stereocenters. The highest BCUT2D eigenvalue weighted by atomic mass is 19.4. The molecule has 1 saturated heterocycles. The fraction of sp³-hybridized carbons (Fsp3) is 0.471. The predicted octanol–water partition coefficient (Wildman–Crippen LogP) is 1.81. The maximum absolute atomic E-state index is 13.4. The summed E-state index contributed by atoms with van der Waals surface area (Å²) in [5.41, 5.74) is 0.745. The molecule has 142 valence electrons. The van der Waals surface area contributed by atoms with Crippen molar-refractivity contribution in [2.45, 2.75) is 25.1 Å². The summed E-state index contributed by atoms with van der Waals surface area (Å²) in [5, 5.41) is 0. The average molecular weight is 371 g/mol. The van der Waals surface area contributed by atoms with Crippen molar-refractivity contribution in [3.8, 4) is 5.88 Å². The minimum atomic E-state index is -4.62. The molecule has 0 radical (unpaired) electrons. The van der Waals surface area contributed by atoms with E-state index in [4.69, 9.17) is 4.74 Å². The Hall–Kier alpha value is -2.58. The van der Waals surface area contributed by atoms with Crippen LogP contribution in [-0.2, 0) is 16.0 Å². The van der Waals surface area contributed by atoms with Crippen molar-refractivity contribution in [1.82, 2.24) is 14.8 Å². The number of halogens is 3. The number of carbonyl (C=O) groups is 2. The van der Waals surface area contributed by atoms with Gasteiger partial charge in [-0.25, -0.2) is 4.98 Å². The monoisotopic (exact) mass is 371 g/mol. The van der Waals surface area contributed by atoms with Gasteiger partial charge in [-0.05, 0) is 24.1 Å². The molecular weight excluding hydrogens is 351 g/mol. The van der Waals surface area contributed by atoms with Crippen LogP contribution in [0.3, 0.4) is 0 Å². The topological polar surface area (TPSA) is 62.7 Å². The van der Waals surface area contributed by atoms with Crippen LogP contribution in [0.5, 0.6) is 5.88 Å². The highest BCUT2D eigenvalue weighted by Crippen LogP contribution is 2.29. The van der Waals surface area contributed by atoms with Gasteiger partial charge < -0.3 is 14.5 Å². The fourth-order valence-corrected chi connectivity index (χ4v) is 2.80. The van der Waals surface area contributed by atoms with E-state index in [-0.39, 0.29) is 25.9 Å². The summed E-state index contributed by atoms with van der Waals surface area (Å²) in [6, 6.07) is 1.30. The molecule has 2 heterocycles. The molecule has 26 heavy (non-hydrogen) atoms. The van der Waals surface area contributed by atoms with E-state index in [0.717, 1.165) is 21.4 Å². The SMILES string of the molecule is C=CC(=O)N1CCN(C(=O)CCc2ccnc(OC)c2)C(C(F)(F)F)C1. The van der Waals surface area contributed by atoms with Crippen molar-refractivity contribution < 1.29 is 27.5 Å². The number of rotatable bonds is 5. The largest absolute Gasteiger partial charge is 0.481 e. The van der Waals surface area contributed by atoms with E-state index in [1.807, 2.05) is 0 Å². The van der Waals surface area contributed by atoms with Gasteiger partial charge in [0.2, 0.25) is 17.7 Å². The van der Waals surface area contributed by atoms with E-state index < -0.39 is 30.6 Å². The Morgan fingerprint density at radius 3 is 2.77 bits per heavy atom. The van der Waals surface area contributed by atoms with Crippen LogP contribution in [0.4, 0.5) is 13.2 Å². The van der Waals surface area contributed by atoms with Crippen LogP contribution in [0.1, 0.15) is 12.0 Å². The van der Waals surface area contributed by atoms with E-state index in [1.54, 1.807) is 12.1 Å². The van der Waals surface area contributed by atoms with Crippen molar-refractivity contribution >= 4 is 11.8 Å². The van der Waals surface area contributed by atoms with Gasteiger partial charge in [0.1, 0.15) is 6.04 Å². The van der Waals surface area contributed by atoms with Crippen LogP contribution >= 0.6 is 0 Å². The van der Waals surface area contributed by atoms with Crippen LogP contribution in [0.2, 0.25) is 0 Å². The second-order valence-electron chi connectivity index (χ2n) is 5.84. The van der Waals surface area contributed by atoms with E-state index in [9.17, 15) is 22.8 Å². The first-order valence-corrected chi connectivity index (χ1v) is 8.02. The Kier molecular flexibility index (Phi) is 6.23. The summed E-state index contributed by atoms with van der Waals surface area (Å²) in [6.45, 7) is 2.59. The second kappa shape index (κ2) is 8.20. The lowest BCUT2D eigenvalue weighted by molar-refractivity contribution is -0.201. The minimum Gasteiger partial charge on any atom is -0.481 e. The van der Waals surface area contributed by atoms with Crippen molar-refractivity contribution in [2.75, 3.05) is 26.7 Å². The molecule has 1 fully saturated rings. The zero-order valence-electron chi connectivity index (χ0n) is 14.3. The maximum atomic E-state index is 13.4. The molecule has 2 amide bonds. The maximum Gasteiger partial charge on any atom is 0.410 e. The molecule has 1 aliphatic heterocycles. The fourth-order valence-electron chi connectivity index (χ4n) is 2.80. The summed E-state index contributed by atoms with van der Waals surface area (Å²) in [4.78, 5) is 29.8. The lowest BCUT2D eigenvalue weighted by Crippen LogP contribution is -2.61. The highest BCUT2D eigenvalue weighted by molar-refractivity contribution is 5.87. The standard InChI is InChI=1S/C17H20F3N3O3/c1-3-15(24)22-8-9-23(13(11-22)17(18,19)20)16(25)5-4-12-6-7-21-14(10-12)26-2/h3,6-7,10,13H,1,4-5,8-9,11H2,2H3. The number of aryl methyl sites for hydroxylation is 1. The minimum absolute atomic E-state index is 0.0479. The third kappa shape index (κ3) is 4.74. The van der Waals surface area contributed by atoms with Gasteiger partial charge in [0.05, 0.1) is 13.7 Å². The lowest BCUT2D eigenvalue weighted by atomic mass is 10.1. The third-order valence-corrected chi connectivity index (χ3v) is 4.20. The molecule has 0 aliphatic carbocycles. The number of nitrogens with zero attached hydrogens (tertiary/aromatic N) is 3. The van der Waals surface area contributed by atoms with Crippen molar-refractivity contribution in [3.63, 3.8) is 0 Å². The molecule has 1 aromatic heterocycles. The highest BCUT2D eigenvalue weighted by Gasteiger charge is 2.48. The second-order valence-corrected chi connectivity index (χ2v) is 5.84. The van der Waals surface area contributed by atoms with Crippen molar-refractivity contribution in [1.29, 1.82) is 0 Å². The van der Waals surface area contributed by atoms with Crippen molar-refractivity contribution in [3.05, 3.63) is 36.5 Å². The molecule has 1 unspecified atom stereocenters. The number of hydrogen-bond acceptors (Lipinski definition) is 4. The first kappa shape index (κ1) is 19.7. The van der Waals surface area contributed by atoms with Crippen LogP contribution in [-0.4, -0.2) is 65.6 Å². The summed E-state index contributed by atoms with van der Waals surface area (Å²) >= 11 is 0. The van der Waals surface area contributed by atoms with Gasteiger partial charge in [-0.1, -0.05) is 6.58 Å². The molecule has 6 nitrogen and oxygen atoms in total. The molecule has 0 spiro atoms. The summed E-state index contributed by atoms with van der Waals surface area (Å²) in [7, 11) is 1.45. The number of aromatic nitrogens is 1. The van der Waals surface area contributed by atoms with E-state index in [2.05, 4.69) is 11.6 Å². The first-order chi connectivity index (χ1) is 12.3. The van der Waals surface area contributed by atoms with Gasteiger partial charge in [-0.3, -0.25) is 9.59 Å². The normalized spacial score (nSPS) is 17.8. The van der Waals surface area contributed by atoms with Crippen LogP contribution in [0, 0.1) is 0 Å². The zero-order chi connectivity index (χ0) is 19.3. The molecule has 0 bridgehead atoms. The van der Waals surface area contributed by atoms with Gasteiger partial charge in [0, 0.05) is 31.8 Å². The quantitative estimate of drug-likeness (QED) is 0.741. The van der Waals surface area contributed by atoms with E-state index in [1.165, 1.54) is 13.3 Å². The molecule has 2 rings (SSSR count). The van der Waals surface area contributed by atoms with Gasteiger partial charge >= 0.3 is 6.18 Å². The van der Waals surface area contributed by atoms with Crippen LogP contribution < -0.4 is 4.74 Å². The van der Waals surface area contributed by atoms with Gasteiger partial charge in [0.15, 0.2) is 0 Å². The molecule has 0 aromatic carbocycles. The molecule has 0 N–H and O–H groups in total. The number of carbonyl (C=O) groups excluding carboxylic acids is 2. The first-order valence-electron chi connectivity index (χ1n) is 8.02. The predicted molar refractivity (Wildman–Crippen MR) is 87.4 cm³/mol. The Morgan fingerprint density at radius 1 is 1.42 bits per heavy atom. The number of piperazine rings is 1. The summed E-state index contributed by atoms with van der Waals surface area (Å²) in [5.74, 6) is -0.802. The number of alkyl halides is 3. The van der Waals surface area contributed by atoms with Gasteiger partial charge in [-0.2, -0.15) is 13.2 Å². The van der Waals surface area contributed by atoms with E-state index >= 15 is 0 Å². The Balaban J connectivity index is 2.05. The van der Waals surface area contributed by atoms with Gasteiger partial charge in [-0.15, -0.1) is 0 Å². The Morgan fingerprint density at radius 2 is 2.15 bits per heavy atom.